The van der Waals surface area contributed by atoms with Crippen molar-refractivity contribution in [1.82, 2.24) is 15.2 Å². The van der Waals surface area contributed by atoms with Gasteiger partial charge in [-0.05, 0) is 48.6 Å². The molecule has 1 fully saturated rings. The molecule has 0 unspecified atom stereocenters. The Morgan fingerprint density at radius 1 is 1.07 bits per heavy atom. The van der Waals surface area contributed by atoms with Crippen LogP contribution >= 0.6 is 0 Å². The van der Waals surface area contributed by atoms with Crippen LogP contribution in [0.2, 0.25) is 0 Å². The Hall–Kier alpha value is -2.30. The van der Waals surface area contributed by atoms with Crippen molar-refractivity contribution in [1.29, 1.82) is 0 Å². The third-order valence-electron chi connectivity index (χ3n) is 6.38. The molecule has 4 nitrogen and oxygen atoms in total. The van der Waals surface area contributed by atoms with Crippen LogP contribution in [0.15, 0.2) is 48.5 Å². The summed E-state index contributed by atoms with van der Waals surface area (Å²) in [7, 11) is 1.73. The van der Waals surface area contributed by atoms with E-state index in [-0.39, 0.29) is 5.54 Å². The molecule has 3 aromatic rings. The second kappa shape index (κ2) is 6.70. The largest absolute Gasteiger partial charge is 0.497 e. The Kier molecular flexibility index (Phi) is 4.18. The Bertz CT molecular complexity index is 953. The van der Waals surface area contributed by atoms with Crippen molar-refractivity contribution in [3.63, 3.8) is 0 Å². The summed E-state index contributed by atoms with van der Waals surface area (Å²) in [5.74, 6) is 0.942. The second-order valence-electron chi connectivity index (χ2n) is 7.91. The highest BCUT2D eigenvalue weighted by molar-refractivity contribution is 5.85. The fourth-order valence-electron chi connectivity index (χ4n) is 4.93. The first kappa shape index (κ1) is 16.8. The molecular weight excluding hydrogens is 334 g/mol. The average molecular weight is 361 g/mol. The third-order valence-corrected chi connectivity index (χ3v) is 6.38. The zero-order valence-corrected chi connectivity index (χ0v) is 15.9. The van der Waals surface area contributed by atoms with Gasteiger partial charge < -0.3 is 15.0 Å². The average Bonchev–Trinajstić information content (AvgIpc) is 3.11. The standard InChI is InChI=1S/C23H27N3O/c1-27-18-6-4-5-17(15-18)16-26-13-10-23(11-14-26)22-20(9-12-24-23)19-7-2-3-8-21(19)25-22/h2-8,15,24-25H,9-14,16H2,1H3. The van der Waals surface area contributed by atoms with Gasteiger partial charge in [-0.3, -0.25) is 4.90 Å². The highest BCUT2D eigenvalue weighted by atomic mass is 16.5. The summed E-state index contributed by atoms with van der Waals surface area (Å²) >= 11 is 0. The van der Waals surface area contributed by atoms with Crippen LogP contribution in [0.5, 0.6) is 5.75 Å². The number of methoxy groups -OCH3 is 1. The number of rotatable bonds is 3. The molecular formula is C23H27N3O. The van der Waals surface area contributed by atoms with Gasteiger partial charge in [0.15, 0.2) is 0 Å². The lowest BCUT2D eigenvalue weighted by Gasteiger charge is -2.45. The minimum absolute atomic E-state index is 0.109. The molecule has 5 rings (SSSR count). The Balaban J connectivity index is 1.36. The molecule has 4 heteroatoms. The number of ether oxygens (including phenoxy) is 1. The summed E-state index contributed by atoms with van der Waals surface area (Å²) in [6.07, 6.45) is 3.42. The molecule has 0 bridgehead atoms. The number of H-pyrrole nitrogens is 1. The van der Waals surface area contributed by atoms with Gasteiger partial charge in [-0.1, -0.05) is 30.3 Å². The van der Waals surface area contributed by atoms with Crippen LogP contribution in [0, 0.1) is 0 Å². The van der Waals surface area contributed by atoms with E-state index in [0.29, 0.717) is 0 Å². The minimum atomic E-state index is 0.109. The van der Waals surface area contributed by atoms with Gasteiger partial charge >= 0.3 is 0 Å². The number of likely N-dealkylation sites (tertiary alicyclic amines) is 1. The van der Waals surface area contributed by atoms with Crippen molar-refractivity contribution in [3.05, 3.63) is 65.4 Å². The van der Waals surface area contributed by atoms with Crippen LogP contribution in [0.3, 0.4) is 0 Å². The quantitative estimate of drug-likeness (QED) is 0.745. The van der Waals surface area contributed by atoms with E-state index in [4.69, 9.17) is 4.74 Å². The van der Waals surface area contributed by atoms with Crippen LogP contribution in [0.1, 0.15) is 29.7 Å². The molecule has 2 aromatic carbocycles. The SMILES string of the molecule is COc1cccc(CN2CCC3(CC2)NCCc2c3[nH]c3ccccc23)c1. The van der Waals surface area contributed by atoms with E-state index in [1.807, 2.05) is 6.07 Å². The van der Waals surface area contributed by atoms with Crippen LogP contribution < -0.4 is 10.1 Å². The topological polar surface area (TPSA) is 40.3 Å². The Morgan fingerprint density at radius 3 is 2.78 bits per heavy atom. The van der Waals surface area contributed by atoms with Crippen molar-refractivity contribution < 1.29 is 4.74 Å². The van der Waals surface area contributed by atoms with E-state index in [9.17, 15) is 0 Å². The molecule has 27 heavy (non-hydrogen) atoms. The number of aromatic nitrogens is 1. The van der Waals surface area contributed by atoms with Crippen LogP contribution in [0.25, 0.3) is 10.9 Å². The number of aromatic amines is 1. The summed E-state index contributed by atoms with van der Waals surface area (Å²) in [6, 6.07) is 17.2. The summed E-state index contributed by atoms with van der Waals surface area (Å²) < 4.78 is 5.37. The van der Waals surface area contributed by atoms with Gasteiger partial charge in [-0.2, -0.15) is 0 Å². The predicted octanol–water partition coefficient (Wildman–Crippen LogP) is 3.81. The zero-order valence-electron chi connectivity index (χ0n) is 15.9. The number of fused-ring (bicyclic) bond motifs is 4. The van der Waals surface area contributed by atoms with Gasteiger partial charge in [0.05, 0.1) is 12.6 Å². The summed E-state index contributed by atoms with van der Waals surface area (Å²) in [5.41, 5.74) is 5.69. The van der Waals surface area contributed by atoms with Gasteiger partial charge in [-0.15, -0.1) is 0 Å². The lowest BCUT2D eigenvalue weighted by Crippen LogP contribution is -2.54. The molecule has 1 saturated heterocycles. The summed E-state index contributed by atoms with van der Waals surface area (Å²) in [6.45, 7) is 4.29. The molecule has 3 heterocycles. The van der Waals surface area contributed by atoms with E-state index in [0.717, 1.165) is 51.2 Å². The maximum absolute atomic E-state index is 5.37. The van der Waals surface area contributed by atoms with Crippen molar-refractivity contribution in [2.24, 2.45) is 0 Å². The van der Waals surface area contributed by atoms with E-state index in [2.05, 4.69) is 57.7 Å². The molecule has 0 amide bonds. The van der Waals surface area contributed by atoms with Crippen molar-refractivity contribution in [3.8, 4) is 5.75 Å². The van der Waals surface area contributed by atoms with Gasteiger partial charge in [0, 0.05) is 42.8 Å². The van der Waals surface area contributed by atoms with Gasteiger partial charge in [0.25, 0.3) is 0 Å². The highest BCUT2D eigenvalue weighted by Gasteiger charge is 2.41. The molecule has 0 aliphatic carbocycles. The van der Waals surface area contributed by atoms with Crippen LogP contribution in [-0.4, -0.2) is 36.6 Å². The zero-order chi connectivity index (χ0) is 18.3. The number of benzene rings is 2. The van der Waals surface area contributed by atoms with E-state index in [1.54, 1.807) is 7.11 Å². The third kappa shape index (κ3) is 2.93. The molecule has 1 aromatic heterocycles. The molecule has 0 saturated carbocycles. The van der Waals surface area contributed by atoms with Crippen LogP contribution in [0.4, 0.5) is 0 Å². The normalized spacial score (nSPS) is 19.3. The summed E-state index contributed by atoms with van der Waals surface area (Å²) in [5, 5.41) is 5.29. The predicted molar refractivity (Wildman–Crippen MR) is 109 cm³/mol. The Morgan fingerprint density at radius 2 is 1.93 bits per heavy atom. The number of hydrogen-bond donors (Lipinski definition) is 2. The number of hydrogen-bond acceptors (Lipinski definition) is 3. The van der Waals surface area contributed by atoms with Crippen LogP contribution in [-0.2, 0) is 18.5 Å². The number of piperidine rings is 1. The fourth-order valence-corrected chi connectivity index (χ4v) is 4.93. The van der Waals surface area contributed by atoms with Gasteiger partial charge in [0.1, 0.15) is 5.75 Å². The first-order valence-corrected chi connectivity index (χ1v) is 9.98. The smallest absolute Gasteiger partial charge is 0.119 e. The van der Waals surface area contributed by atoms with Crippen molar-refractivity contribution in [2.45, 2.75) is 31.3 Å². The first-order valence-electron chi connectivity index (χ1n) is 9.98. The maximum Gasteiger partial charge on any atom is 0.119 e. The fraction of sp³-hybridized carbons (Fsp3) is 0.391. The van der Waals surface area contributed by atoms with Crippen molar-refractivity contribution >= 4 is 10.9 Å². The number of nitrogens with zero attached hydrogens (tertiary/aromatic N) is 1. The van der Waals surface area contributed by atoms with Crippen molar-refractivity contribution in [2.75, 3.05) is 26.7 Å². The highest BCUT2D eigenvalue weighted by Crippen LogP contribution is 2.40. The molecule has 2 aliphatic rings. The lowest BCUT2D eigenvalue weighted by molar-refractivity contribution is 0.121. The van der Waals surface area contributed by atoms with E-state index >= 15 is 0 Å². The Labute approximate surface area is 160 Å². The monoisotopic (exact) mass is 361 g/mol. The molecule has 2 aliphatic heterocycles. The lowest BCUT2D eigenvalue weighted by atomic mass is 9.79. The molecule has 2 N–H and O–H groups in total. The molecule has 1 spiro atoms. The summed E-state index contributed by atoms with van der Waals surface area (Å²) in [4.78, 5) is 6.33. The number of nitrogens with one attached hydrogen (secondary N) is 2. The molecule has 0 atom stereocenters. The minimum Gasteiger partial charge on any atom is -0.497 e. The van der Waals surface area contributed by atoms with E-state index < -0.39 is 0 Å². The molecule has 0 radical (unpaired) electrons. The van der Waals surface area contributed by atoms with Gasteiger partial charge in [-0.25, -0.2) is 0 Å². The maximum atomic E-state index is 5.37. The number of para-hydroxylation sites is 1. The van der Waals surface area contributed by atoms with Gasteiger partial charge in [0.2, 0.25) is 0 Å². The first-order chi connectivity index (χ1) is 13.3. The molecule has 140 valence electrons. The second-order valence-corrected chi connectivity index (χ2v) is 7.91. The van der Waals surface area contributed by atoms with E-state index in [1.165, 1.54) is 27.7 Å².